The Balaban J connectivity index is 2.15. The van der Waals surface area contributed by atoms with E-state index in [1.54, 1.807) is 6.07 Å². The number of rotatable bonds is 2. The SMILES string of the molecule is COc1cc2c(c3oc(=O)cc(-c4ccccc4)c13)C(=O)[C@@H](C)[C@@H](C)O2. The van der Waals surface area contributed by atoms with Crippen molar-refractivity contribution in [3.05, 3.63) is 58.4 Å². The van der Waals surface area contributed by atoms with E-state index >= 15 is 0 Å². The maximum absolute atomic E-state index is 12.9. The molecule has 4 rings (SSSR count). The van der Waals surface area contributed by atoms with Crippen molar-refractivity contribution in [2.45, 2.75) is 20.0 Å². The summed E-state index contributed by atoms with van der Waals surface area (Å²) >= 11 is 0. The summed E-state index contributed by atoms with van der Waals surface area (Å²) in [6.45, 7) is 3.66. The summed E-state index contributed by atoms with van der Waals surface area (Å²) in [7, 11) is 1.54. The van der Waals surface area contributed by atoms with Crippen LogP contribution in [0.3, 0.4) is 0 Å². The number of hydrogen-bond donors (Lipinski definition) is 0. The standard InChI is InChI=1S/C21H18O5/c1-11-12(2)25-16-10-15(24-3)18-14(13-7-5-4-6-8-13)9-17(22)26-21(18)19(16)20(11)23/h4-12H,1-3H3/t11-,12+/m0/s1. The van der Waals surface area contributed by atoms with Crippen molar-refractivity contribution in [3.8, 4) is 22.6 Å². The van der Waals surface area contributed by atoms with Crippen LogP contribution in [-0.2, 0) is 0 Å². The monoisotopic (exact) mass is 350 g/mol. The van der Waals surface area contributed by atoms with E-state index < -0.39 is 5.63 Å². The van der Waals surface area contributed by atoms with E-state index in [1.807, 2.05) is 44.2 Å². The van der Waals surface area contributed by atoms with Gasteiger partial charge in [-0.15, -0.1) is 0 Å². The first kappa shape index (κ1) is 16.4. The van der Waals surface area contributed by atoms with Crippen molar-refractivity contribution in [2.24, 2.45) is 5.92 Å². The maximum Gasteiger partial charge on any atom is 0.336 e. The highest BCUT2D eigenvalue weighted by Crippen LogP contribution is 2.43. The van der Waals surface area contributed by atoms with E-state index in [0.717, 1.165) is 5.56 Å². The highest BCUT2D eigenvalue weighted by molar-refractivity contribution is 6.14. The van der Waals surface area contributed by atoms with E-state index in [9.17, 15) is 9.59 Å². The Hall–Kier alpha value is -3.08. The lowest BCUT2D eigenvalue weighted by atomic mass is 9.89. The molecule has 1 aliphatic heterocycles. The Labute approximate surface area is 150 Å². The fraction of sp³-hybridized carbons (Fsp3) is 0.238. The maximum atomic E-state index is 12.9. The Bertz CT molecular complexity index is 1070. The average molecular weight is 350 g/mol. The molecule has 26 heavy (non-hydrogen) atoms. The molecule has 0 saturated heterocycles. The summed E-state index contributed by atoms with van der Waals surface area (Å²) in [4.78, 5) is 25.2. The highest BCUT2D eigenvalue weighted by Gasteiger charge is 2.35. The molecule has 5 heteroatoms. The van der Waals surface area contributed by atoms with Crippen LogP contribution >= 0.6 is 0 Å². The molecule has 0 radical (unpaired) electrons. The number of methoxy groups -OCH3 is 1. The second kappa shape index (κ2) is 6.02. The summed E-state index contributed by atoms with van der Waals surface area (Å²) < 4.78 is 16.9. The number of Topliss-reactive ketones (excluding diaryl/α,β-unsaturated/α-hetero) is 1. The molecule has 0 saturated carbocycles. The van der Waals surface area contributed by atoms with Gasteiger partial charge in [-0.2, -0.15) is 0 Å². The Morgan fingerprint density at radius 3 is 2.46 bits per heavy atom. The van der Waals surface area contributed by atoms with Crippen LogP contribution in [0, 0.1) is 5.92 Å². The van der Waals surface area contributed by atoms with Gasteiger partial charge in [-0.25, -0.2) is 4.79 Å². The van der Waals surface area contributed by atoms with Crippen LogP contribution in [0.15, 0.2) is 51.7 Å². The van der Waals surface area contributed by atoms with Gasteiger partial charge in [-0.05, 0) is 12.5 Å². The minimum atomic E-state index is -0.522. The number of carbonyl (C=O) groups excluding carboxylic acids is 1. The normalized spacial score (nSPS) is 19.1. The minimum Gasteiger partial charge on any atom is -0.496 e. The first-order valence-electron chi connectivity index (χ1n) is 8.46. The van der Waals surface area contributed by atoms with E-state index in [4.69, 9.17) is 13.9 Å². The van der Waals surface area contributed by atoms with Gasteiger partial charge in [0, 0.05) is 17.7 Å². The van der Waals surface area contributed by atoms with Gasteiger partial charge in [0.05, 0.1) is 18.4 Å². The molecule has 0 fully saturated rings. The van der Waals surface area contributed by atoms with Gasteiger partial charge in [0.15, 0.2) is 11.4 Å². The van der Waals surface area contributed by atoms with E-state index in [-0.39, 0.29) is 23.4 Å². The molecule has 0 aliphatic carbocycles. The van der Waals surface area contributed by atoms with Crippen molar-refractivity contribution in [1.82, 2.24) is 0 Å². The van der Waals surface area contributed by atoms with E-state index in [2.05, 4.69) is 0 Å². The Morgan fingerprint density at radius 2 is 1.77 bits per heavy atom. The van der Waals surface area contributed by atoms with Crippen LogP contribution < -0.4 is 15.1 Å². The molecule has 0 N–H and O–H groups in total. The fourth-order valence-electron chi connectivity index (χ4n) is 3.37. The smallest absolute Gasteiger partial charge is 0.336 e. The average Bonchev–Trinajstić information content (AvgIpc) is 2.65. The number of benzene rings is 2. The first-order valence-corrected chi connectivity index (χ1v) is 8.46. The van der Waals surface area contributed by atoms with Gasteiger partial charge in [-0.3, -0.25) is 4.79 Å². The minimum absolute atomic E-state index is 0.0974. The van der Waals surface area contributed by atoms with Crippen LogP contribution in [-0.4, -0.2) is 19.0 Å². The van der Waals surface area contributed by atoms with Crippen LogP contribution in [0.5, 0.6) is 11.5 Å². The van der Waals surface area contributed by atoms with Gasteiger partial charge < -0.3 is 13.9 Å². The third-order valence-corrected chi connectivity index (χ3v) is 4.92. The lowest BCUT2D eigenvalue weighted by Crippen LogP contribution is -2.33. The lowest BCUT2D eigenvalue weighted by Gasteiger charge is -2.28. The van der Waals surface area contributed by atoms with E-state index in [1.165, 1.54) is 13.2 Å². The summed E-state index contributed by atoms with van der Waals surface area (Å²) in [6, 6.07) is 12.6. The van der Waals surface area contributed by atoms with Crippen molar-refractivity contribution in [2.75, 3.05) is 7.11 Å². The van der Waals surface area contributed by atoms with Gasteiger partial charge in [0.2, 0.25) is 0 Å². The molecule has 0 bridgehead atoms. The zero-order chi connectivity index (χ0) is 18.4. The molecule has 0 unspecified atom stereocenters. The number of fused-ring (bicyclic) bond motifs is 3. The summed E-state index contributed by atoms with van der Waals surface area (Å²) in [5, 5.41) is 0.593. The predicted molar refractivity (Wildman–Crippen MR) is 98.1 cm³/mol. The molecule has 132 valence electrons. The predicted octanol–water partition coefficient (Wildman–Crippen LogP) is 4.07. The van der Waals surface area contributed by atoms with Gasteiger partial charge in [0.1, 0.15) is 23.2 Å². The molecule has 0 amide bonds. The van der Waals surface area contributed by atoms with Crippen molar-refractivity contribution in [3.63, 3.8) is 0 Å². The van der Waals surface area contributed by atoms with Gasteiger partial charge >= 0.3 is 5.63 Å². The van der Waals surface area contributed by atoms with Crippen molar-refractivity contribution in [1.29, 1.82) is 0 Å². The second-order valence-corrected chi connectivity index (χ2v) is 6.48. The zero-order valence-corrected chi connectivity index (χ0v) is 14.7. The lowest BCUT2D eigenvalue weighted by molar-refractivity contribution is 0.0731. The zero-order valence-electron chi connectivity index (χ0n) is 14.7. The van der Waals surface area contributed by atoms with Crippen LogP contribution in [0.4, 0.5) is 0 Å². The second-order valence-electron chi connectivity index (χ2n) is 6.48. The van der Waals surface area contributed by atoms with Crippen LogP contribution in [0.1, 0.15) is 24.2 Å². The third kappa shape index (κ3) is 2.39. The number of ether oxygens (including phenoxy) is 2. The number of carbonyl (C=O) groups is 1. The Morgan fingerprint density at radius 1 is 1.04 bits per heavy atom. The highest BCUT2D eigenvalue weighted by atomic mass is 16.5. The summed E-state index contributed by atoms with van der Waals surface area (Å²) in [6.07, 6.45) is -0.263. The molecule has 2 aromatic carbocycles. The molecular formula is C21H18O5. The van der Waals surface area contributed by atoms with Crippen molar-refractivity contribution >= 4 is 16.8 Å². The van der Waals surface area contributed by atoms with Gasteiger partial charge in [0.25, 0.3) is 0 Å². The largest absolute Gasteiger partial charge is 0.496 e. The molecule has 2 atom stereocenters. The molecule has 1 aliphatic rings. The van der Waals surface area contributed by atoms with Gasteiger partial charge in [-0.1, -0.05) is 37.3 Å². The topological polar surface area (TPSA) is 65.7 Å². The fourth-order valence-corrected chi connectivity index (χ4v) is 3.37. The quantitative estimate of drug-likeness (QED) is 0.652. The van der Waals surface area contributed by atoms with Crippen LogP contribution in [0.25, 0.3) is 22.1 Å². The molecule has 2 heterocycles. The molecule has 3 aromatic rings. The molecule has 0 spiro atoms. The first-order chi connectivity index (χ1) is 12.5. The van der Waals surface area contributed by atoms with E-state index in [0.29, 0.717) is 28.0 Å². The third-order valence-electron chi connectivity index (χ3n) is 4.92. The summed E-state index contributed by atoms with van der Waals surface area (Å²) in [5.41, 5.74) is 1.51. The number of ketones is 1. The summed E-state index contributed by atoms with van der Waals surface area (Å²) in [5.74, 6) is 0.457. The Kier molecular flexibility index (Phi) is 3.80. The van der Waals surface area contributed by atoms with Crippen molar-refractivity contribution < 1.29 is 18.7 Å². The molecular weight excluding hydrogens is 332 g/mol. The van der Waals surface area contributed by atoms with Crippen LogP contribution in [0.2, 0.25) is 0 Å². The molecule has 5 nitrogen and oxygen atoms in total. The molecule has 1 aromatic heterocycles. The number of hydrogen-bond acceptors (Lipinski definition) is 5.